The maximum Gasteiger partial charge on any atom is 0.338 e. The van der Waals surface area contributed by atoms with Gasteiger partial charge in [-0.15, -0.1) is 0 Å². The standard InChI is InChI=1S/C32H30ClN3O6S/c1-5-7-25-28(31(38)41-6-2)29(20-10-8-19(9-11-20)18(3)4)35-30(37)27(43-32(35)34-25)17-22-13-15-26(42-22)23-16-21(36(39)40)12-14-24(23)33/h8-18,29H,5-7H2,1-4H3/b27-17-/t29-/m0/s1. The number of benzene rings is 2. The summed E-state index contributed by atoms with van der Waals surface area (Å²) in [5.74, 6) is 0.512. The van der Waals surface area contributed by atoms with E-state index in [1.54, 1.807) is 29.7 Å². The summed E-state index contributed by atoms with van der Waals surface area (Å²) in [6.45, 7) is 8.16. The topological polar surface area (TPSA) is 117 Å². The van der Waals surface area contributed by atoms with Crippen LogP contribution in [0.15, 0.2) is 80.1 Å². The largest absolute Gasteiger partial charge is 0.463 e. The number of carbonyl (C=O) groups excluding carboxylic acids is 1. The molecular formula is C32H30ClN3O6S. The third kappa shape index (κ3) is 5.98. The van der Waals surface area contributed by atoms with Crippen molar-refractivity contribution in [1.82, 2.24) is 4.57 Å². The van der Waals surface area contributed by atoms with Crippen molar-refractivity contribution in [3.63, 3.8) is 0 Å². The summed E-state index contributed by atoms with van der Waals surface area (Å²) in [5, 5.41) is 11.6. The van der Waals surface area contributed by atoms with Gasteiger partial charge in [0.2, 0.25) is 0 Å². The molecule has 0 spiro atoms. The molecule has 0 N–H and O–H groups in total. The fourth-order valence-corrected chi connectivity index (χ4v) is 6.23. The van der Waals surface area contributed by atoms with Crippen molar-refractivity contribution in [3.8, 4) is 11.3 Å². The van der Waals surface area contributed by atoms with E-state index >= 15 is 0 Å². The number of hydrogen-bond acceptors (Lipinski definition) is 8. The van der Waals surface area contributed by atoms with Gasteiger partial charge in [-0.1, -0.05) is 74.4 Å². The lowest BCUT2D eigenvalue weighted by Gasteiger charge is -2.26. The first kappa shape index (κ1) is 30.2. The Labute approximate surface area is 256 Å². The zero-order valence-corrected chi connectivity index (χ0v) is 25.7. The van der Waals surface area contributed by atoms with Crippen LogP contribution < -0.4 is 14.9 Å². The van der Waals surface area contributed by atoms with Crippen molar-refractivity contribution in [3.05, 3.63) is 118 Å². The van der Waals surface area contributed by atoms with Crippen LogP contribution in [0.4, 0.5) is 5.69 Å². The van der Waals surface area contributed by atoms with E-state index < -0.39 is 16.9 Å². The zero-order chi connectivity index (χ0) is 30.8. The maximum atomic E-state index is 14.0. The minimum Gasteiger partial charge on any atom is -0.463 e. The van der Waals surface area contributed by atoms with Gasteiger partial charge in [0, 0.05) is 23.8 Å². The lowest BCUT2D eigenvalue weighted by atomic mass is 9.92. The number of non-ortho nitro benzene ring substituents is 1. The molecule has 43 heavy (non-hydrogen) atoms. The van der Waals surface area contributed by atoms with Gasteiger partial charge in [0.1, 0.15) is 11.5 Å². The quantitative estimate of drug-likeness (QED) is 0.120. The highest BCUT2D eigenvalue weighted by molar-refractivity contribution is 7.07. The second kappa shape index (κ2) is 12.5. The highest BCUT2D eigenvalue weighted by atomic mass is 35.5. The number of rotatable bonds is 9. The van der Waals surface area contributed by atoms with Gasteiger partial charge < -0.3 is 9.15 Å². The van der Waals surface area contributed by atoms with Gasteiger partial charge in [0.25, 0.3) is 11.2 Å². The third-order valence-corrected chi connectivity index (χ3v) is 8.45. The lowest BCUT2D eigenvalue weighted by molar-refractivity contribution is -0.384. The predicted octanol–water partition coefficient (Wildman–Crippen LogP) is 6.52. The summed E-state index contributed by atoms with van der Waals surface area (Å²) in [6.07, 6.45) is 2.90. The number of nitro benzene ring substituents is 1. The number of furan rings is 1. The second-order valence-corrected chi connectivity index (χ2v) is 11.8. The summed E-state index contributed by atoms with van der Waals surface area (Å²) in [6, 6.07) is 14.6. The molecule has 0 amide bonds. The second-order valence-electron chi connectivity index (χ2n) is 10.4. The molecule has 1 atom stereocenters. The molecule has 11 heteroatoms. The number of ether oxygens (including phenoxy) is 1. The van der Waals surface area contributed by atoms with Crippen molar-refractivity contribution in [2.45, 2.75) is 52.5 Å². The summed E-state index contributed by atoms with van der Waals surface area (Å²) in [7, 11) is 0. The molecular weight excluding hydrogens is 590 g/mol. The van der Waals surface area contributed by atoms with Gasteiger partial charge in [-0.05, 0) is 48.6 Å². The van der Waals surface area contributed by atoms with Crippen LogP contribution in [0.5, 0.6) is 0 Å². The van der Waals surface area contributed by atoms with Crippen molar-refractivity contribution in [2.75, 3.05) is 6.61 Å². The number of esters is 1. The first-order valence-corrected chi connectivity index (χ1v) is 15.2. The highest BCUT2D eigenvalue weighted by Gasteiger charge is 2.34. The minimum atomic E-state index is -0.712. The van der Waals surface area contributed by atoms with Crippen LogP contribution in [0.1, 0.15) is 69.4 Å². The Hall–Kier alpha value is -4.28. The molecule has 5 rings (SSSR count). The number of thiazole rings is 1. The average Bonchev–Trinajstić information content (AvgIpc) is 3.56. The molecule has 2 aromatic carbocycles. The van der Waals surface area contributed by atoms with Crippen LogP contribution in [0, 0.1) is 10.1 Å². The molecule has 0 saturated heterocycles. The van der Waals surface area contributed by atoms with Crippen LogP contribution in [0.25, 0.3) is 17.4 Å². The number of nitrogens with zero attached hydrogens (tertiary/aromatic N) is 3. The summed E-state index contributed by atoms with van der Waals surface area (Å²) in [4.78, 5) is 43.4. The van der Waals surface area contributed by atoms with Crippen LogP contribution in [-0.2, 0) is 9.53 Å². The summed E-state index contributed by atoms with van der Waals surface area (Å²) in [5.41, 5.74) is 2.81. The van der Waals surface area contributed by atoms with Crippen LogP contribution >= 0.6 is 22.9 Å². The number of carbonyl (C=O) groups is 1. The first-order chi connectivity index (χ1) is 20.6. The van der Waals surface area contributed by atoms with E-state index in [-0.39, 0.29) is 17.9 Å². The van der Waals surface area contributed by atoms with E-state index in [2.05, 4.69) is 13.8 Å². The van der Waals surface area contributed by atoms with Crippen LogP contribution in [0.2, 0.25) is 5.02 Å². The Bertz CT molecular complexity index is 1920. The molecule has 9 nitrogen and oxygen atoms in total. The monoisotopic (exact) mass is 619 g/mol. The lowest BCUT2D eigenvalue weighted by Crippen LogP contribution is -2.40. The van der Waals surface area contributed by atoms with E-state index in [0.29, 0.717) is 55.0 Å². The van der Waals surface area contributed by atoms with Gasteiger partial charge in [0.15, 0.2) is 4.80 Å². The molecule has 2 aromatic heterocycles. The number of hydrogen-bond donors (Lipinski definition) is 0. The molecule has 1 aliphatic rings. The fourth-order valence-electron chi connectivity index (χ4n) is 5.02. The minimum absolute atomic E-state index is 0.118. The number of aromatic nitrogens is 1. The van der Waals surface area contributed by atoms with Crippen molar-refractivity contribution < 1.29 is 18.9 Å². The van der Waals surface area contributed by atoms with E-state index in [1.165, 1.54) is 29.5 Å². The molecule has 0 bridgehead atoms. The van der Waals surface area contributed by atoms with Crippen LogP contribution in [0.3, 0.4) is 0 Å². The summed E-state index contributed by atoms with van der Waals surface area (Å²) < 4.78 is 13.3. The molecule has 0 aliphatic carbocycles. The van der Waals surface area contributed by atoms with Gasteiger partial charge >= 0.3 is 5.97 Å². The zero-order valence-electron chi connectivity index (χ0n) is 24.1. The maximum absolute atomic E-state index is 14.0. The molecule has 0 saturated carbocycles. The first-order valence-electron chi connectivity index (χ1n) is 14.0. The molecule has 1 aliphatic heterocycles. The Morgan fingerprint density at radius 2 is 1.93 bits per heavy atom. The molecule has 0 fully saturated rings. The third-order valence-electron chi connectivity index (χ3n) is 7.14. The van der Waals surface area contributed by atoms with Gasteiger partial charge in [-0.3, -0.25) is 19.5 Å². The van der Waals surface area contributed by atoms with Crippen molar-refractivity contribution in [2.24, 2.45) is 4.99 Å². The number of allylic oxidation sites excluding steroid dienone is 1. The van der Waals surface area contributed by atoms with Crippen molar-refractivity contribution in [1.29, 1.82) is 0 Å². The fraction of sp³-hybridized carbons (Fsp3) is 0.281. The van der Waals surface area contributed by atoms with Crippen molar-refractivity contribution >= 4 is 40.7 Å². The Kier molecular flexibility index (Phi) is 8.79. The number of halogens is 1. The number of fused-ring (bicyclic) bond motifs is 1. The molecule has 0 radical (unpaired) electrons. The smallest absolute Gasteiger partial charge is 0.338 e. The Morgan fingerprint density at radius 1 is 1.19 bits per heavy atom. The van der Waals surface area contributed by atoms with E-state index in [4.69, 9.17) is 25.7 Å². The summed E-state index contributed by atoms with van der Waals surface area (Å²) >= 11 is 7.50. The molecule has 3 heterocycles. The van der Waals surface area contributed by atoms with E-state index in [1.807, 2.05) is 31.2 Å². The normalized spacial score (nSPS) is 15.0. The molecule has 4 aromatic rings. The van der Waals surface area contributed by atoms with E-state index in [9.17, 15) is 19.7 Å². The van der Waals surface area contributed by atoms with Gasteiger partial charge in [-0.2, -0.15) is 0 Å². The van der Waals surface area contributed by atoms with Gasteiger partial charge in [0.05, 0.1) is 38.4 Å². The van der Waals surface area contributed by atoms with Gasteiger partial charge in [-0.25, -0.2) is 9.79 Å². The van der Waals surface area contributed by atoms with E-state index in [0.717, 1.165) is 17.5 Å². The van der Waals surface area contributed by atoms with Crippen LogP contribution in [-0.4, -0.2) is 22.1 Å². The average molecular weight is 620 g/mol. The Balaban J connectivity index is 1.66. The Morgan fingerprint density at radius 3 is 2.58 bits per heavy atom. The molecule has 0 unspecified atom stereocenters. The SMILES string of the molecule is CCCC1=C(C(=O)OCC)[C@H](c2ccc(C(C)C)cc2)n2c(s/c(=C\c3ccc(-c4cc([N+](=O)[O-])ccc4Cl)o3)c2=O)=N1. The predicted molar refractivity (Wildman–Crippen MR) is 166 cm³/mol. The molecule has 222 valence electrons. The highest BCUT2D eigenvalue weighted by Crippen LogP contribution is 2.34. The number of nitro groups is 1.